The minimum absolute atomic E-state index is 0.0831. The first kappa shape index (κ1) is 22.5. The first-order valence-corrected chi connectivity index (χ1v) is 11.8. The average molecular weight is 467 g/mol. The first-order valence-electron chi connectivity index (χ1n) is 11.8. The number of hydrogen-bond acceptors (Lipinski definition) is 5. The van der Waals surface area contributed by atoms with Gasteiger partial charge in [0.15, 0.2) is 0 Å². The van der Waals surface area contributed by atoms with Gasteiger partial charge in [0.2, 0.25) is 0 Å². The molecule has 1 aliphatic heterocycles. The number of rotatable bonds is 8. The number of pyridine rings is 1. The lowest BCUT2D eigenvalue weighted by molar-refractivity contribution is -0.137. The third-order valence-electron chi connectivity index (χ3n) is 6.36. The van der Waals surface area contributed by atoms with Crippen LogP contribution in [-0.4, -0.2) is 33.8 Å². The molecule has 0 spiro atoms. The number of nitrogens with one attached hydrogen (secondary N) is 1. The van der Waals surface area contributed by atoms with Crippen molar-refractivity contribution in [3.8, 4) is 11.8 Å². The predicted molar refractivity (Wildman–Crippen MR) is 134 cm³/mol. The van der Waals surface area contributed by atoms with Crippen LogP contribution < -0.4 is 10.1 Å². The largest absolute Gasteiger partial charge is 0.493 e. The van der Waals surface area contributed by atoms with E-state index in [-0.39, 0.29) is 6.42 Å². The molecular formula is C28H26N4O3. The fourth-order valence-corrected chi connectivity index (χ4v) is 4.65. The summed E-state index contributed by atoms with van der Waals surface area (Å²) in [6, 6.07) is 20.8. The average Bonchev–Trinajstić information content (AvgIpc) is 3.30. The van der Waals surface area contributed by atoms with E-state index in [1.807, 2.05) is 47.2 Å². The van der Waals surface area contributed by atoms with E-state index in [9.17, 15) is 15.2 Å². The Hall–Kier alpha value is -4.31. The highest BCUT2D eigenvalue weighted by molar-refractivity contribution is 5.82. The van der Waals surface area contributed by atoms with Crippen molar-refractivity contribution < 1.29 is 14.6 Å². The highest BCUT2D eigenvalue weighted by atomic mass is 16.5. The number of carbonyl (C=O) groups is 1. The molecule has 0 aliphatic carbocycles. The number of anilines is 1. The second-order valence-corrected chi connectivity index (χ2v) is 8.72. The third-order valence-corrected chi connectivity index (χ3v) is 6.36. The molecule has 1 unspecified atom stereocenters. The summed E-state index contributed by atoms with van der Waals surface area (Å²) in [4.78, 5) is 16.4. The van der Waals surface area contributed by atoms with Crippen LogP contribution in [0.4, 0.5) is 5.69 Å². The van der Waals surface area contributed by atoms with Gasteiger partial charge < -0.3 is 19.7 Å². The predicted octanol–water partition coefficient (Wildman–Crippen LogP) is 4.95. The number of nitrogens with zero attached hydrogens (tertiary/aromatic N) is 3. The molecule has 0 saturated carbocycles. The zero-order chi connectivity index (χ0) is 24.2. The van der Waals surface area contributed by atoms with E-state index in [2.05, 4.69) is 17.5 Å². The maximum atomic E-state index is 11.6. The number of carboxylic acids is 1. The molecule has 0 fully saturated rings. The Bertz CT molecular complexity index is 1420. The molecule has 1 aliphatic rings. The van der Waals surface area contributed by atoms with Gasteiger partial charge in [-0.15, -0.1) is 0 Å². The van der Waals surface area contributed by atoms with Crippen LogP contribution in [-0.2, 0) is 17.6 Å². The van der Waals surface area contributed by atoms with Gasteiger partial charge in [-0.05, 0) is 66.9 Å². The second-order valence-electron chi connectivity index (χ2n) is 8.72. The maximum absolute atomic E-state index is 11.6. The molecule has 5 rings (SSSR count). The zero-order valence-electron chi connectivity index (χ0n) is 19.3. The molecule has 7 nitrogen and oxygen atoms in total. The van der Waals surface area contributed by atoms with Crippen LogP contribution in [0.2, 0.25) is 0 Å². The van der Waals surface area contributed by atoms with E-state index in [0.717, 1.165) is 65.1 Å². The van der Waals surface area contributed by atoms with Crippen molar-refractivity contribution in [2.45, 2.75) is 31.7 Å². The van der Waals surface area contributed by atoms with Crippen molar-refractivity contribution in [2.75, 3.05) is 18.5 Å². The number of aromatic nitrogens is 2. The Morgan fingerprint density at radius 2 is 2.11 bits per heavy atom. The number of carboxylic acid groups (broad SMARTS) is 1. The van der Waals surface area contributed by atoms with Crippen molar-refractivity contribution in [2.24, 2.45) is 0 Å². The lowest BCUT2D eigenvalue weighted by atomic mass is 10.0. The van der Waals surface area contributed by atoms with E-state index in [4.69, 9.17) is 9.72 Å². The molecule has 2 N–H and O–H groups in total. The van der Waals surface area contributed by atoms with Gasteiger partial charge in [-0.3, -0.25) is 9.78 Å². The van der Waals surface area contributed by atoms with Crippen molar-refractivity contribution in [1.82, 2.24) is 9.55 Å². The lowest BCUT2D eigenvalue weighted by Crippen LogP contribution is -2.14. The molecule has 2 aromatic heterocycles. The molecule has 0 amide bonds. The Kier molecular flexibility index (Phi) is 6.36. The van der Waals surface area contributed by atoms with E-state index in [1.165, 1.54) is 0 Å². The van der Waals surface area contributed by atoms with Crippen LogP contribution in [0, 0.1) is 11.3 Å². The molecule has 2 aromatic carbocycles. The molecule has 7 heteroatoms. The van der Waals surface area contributed by atoms with Gasteiger partial charge in [0.05, 0.1) is 42.1 Å². The minimum Gasteiger partial charge on any atom is -0.493 e. The van der Waals surface area contributed by atoms with Gasteiger partial charge in [0.1, 0.15) is 5.75 Å². The van der Waals surface area contributed by atoms with Crippen LogP contribution in [0.5, 0.6) is 5.75 Å². The molecule has 4 aromatic rings. The van der Waals surface area contributed by atoms with Crippen LogP contribution in [0.3, 0.4) is 0 Å². The number of fused-ring (bicyclic) bond motifs is 2. The summed E-state index contributed by atoms with van der Waals surface area (Å²) in [5, 5.41) is 23.1. The number of ether oxygens (including phenoxy) is 1. The lowest BCUT2D eigenvalue weighted by Gasteiger charge is -2.19. The summed E-state index contributed by atoms with van der Waals surface area (Å²) in [5.41, 5.74) is 5.50. The van der Waals surface area contributed by atoms with Crippen molar-refractivity contribution in [3.63, 3.8) is 0 Å². The standard InChI is InChI=1S/C28H26N4O3/c29-18-19-3-1-4-20(15-19)27(17-28(33)34)32-13-10-21-16-23(7-9-26(21)32)35-14-11-22-6-8-24-25(31-22)5-2-12-30-24/h1,3-4,6-10,13,15-16,27,30H,2,5,11-12,14,17H2,(H,33,34). The maximum Gasteiger partial charge on any atom is 0.305 e. The molecule has 1 atom stereocenters. The van der Waals surface area contributed by atoms with Gasteiger partial charge in [-0.2, -0.15) is 5.26 Å². The number of aliphatic carboxylic acids is 1. The number of benzene rings is 2. The summed E-state index contributed by atoms with van der Waals surface area (Å²) in [6.07, 6.45) is 4.65. The molecular weight excluding hydrogens is 440 g/mol. The number of aryl methyl sites for hydroxylation is 1. The Morgan fingerprint density at radius 1 is 1.20 bits per heavy atom. The van der Waals surface area contributed by atoms with Crippen LogP contribution >= 0.6 is 0 Å². The molecule has 0 radical (unpaired) electrons. The van der Waals surface area contributed by atoms with Crippen molar-refractivity contribution in [1.29, 1.82) is 5.26 Å². The Labute approximate surface area is 203 Å². The monoisotopic (exact) mass is 466 g/mol. The SMILES string of the molecule is N#Cc1cccc(C(CC(=O)O)n2ccc3cc(OCCc4ccc5c(n4)CCCN5)ccc32)c1. The fraction of sp³-hybridized carbons (Fsp3) is 0.250. The molecule has 0 bridgehead atoms. The highest BCUT2D eigenvalue weighted by Crippen LogP contribution is 2.30. The normalized spacial score (nSPS) is 13.5. The number of hydrogen-bond donors (Lipinski definition) is 2. The van der Waals surface area contributed by atoms with E-state index in [1.54, 1.807) is 18.2 Å². The van der Waals surface area contributed by atoms with Crippen LogP contribution in [0.15, 0.2) is 66.9 Å². The van der Waals surface area contributed by atoms with Crippen molar-refractivity contribution in [3.05, 3.63) is 89.4 Å². The topological polar surface area (TPSA) is 100 Å². The minimum atomic E-state index is -0.897. The third kappa shape index (κ3) is 4.97. The van der Waals surface area contributed by atoms with Gasteiger partial charge in [-0.1, -0.05) is 12.1 Å². The van der Waals surface area contributed by atoms with Gasteiger partial charge in [0, 0.05) is 35.8 Å². The molecule has 3 heterocycles. The van der Waals surface area contributed by atoms with Crippen LogP contribution in [0.25, 0.3) is 10.9 Å². The zero-order valence-corrected chi connectivity index (χ0v) is 19.3. The highest BCUT2D eigenvalue weighted by Gasteiger charge is 2.20. The van der Waals surface area contributed by atoms with Crippen molar-refractivity contribution >= 4 is 22.6 Å². The second kappa shape index (κ2) is 9.90. The summed E-state index contributed by atoms with van der Waals surface area (Å²) in [7, 11) is 0. The summed E-state index contributed by atoms with van der Waals surface area (Å²) in [5.74, 6) is -0.137. The van der Waals surface area contributed by atoms with Gasteiger partial charge in [-0.25, -0.2) is 0 Å². The van der Waals surface area contributed by atoms with Gasteiger partial charge >= 0.3 is 5.97 Å². The first-order chi connectivity index (χ1) is 17.1. The smallest absolute Gasteiger partial charge is 0.305 e. The molecule has 0 saturated heterocycles. The summed E-state index contributed by atoms with van der Waals surface area (Å²) < 4.78 is 7.97. The Morgan fingerprint density at radius 3 is 2.97 bits per heavy atom. The van der Waals surface area contributed by atoms with E-state index in [0.29, 0.717) is 12.2 Å². The van der Waals surface area contributed by atoms with Gasteiger partial charge in [0.25, 0.3) is 0 Å². The summed E-state index contributed by atoms with van der Waals surface area (Å²) in [6.45, 7) is 1.53. The van der Waals surface area contributed by atoms with E-state index >= 15 is 0 Å². The van der Waals surface area contributed by atoms with Crippen LogP contribution in [0.1, 0.15) is 41.4 Å². The summed E-state index contributed by atoms with van der Waals surface area (Å²) >= 11 is 0. The quantitative estimate of drug-likeness (QED) is 0.381. The number of nitriles is 1. The molecule has 35 heavy (non-hydrogen) atoms. The molecule has 176 valence electrons. The van der Waals surface area contributed by atoms with E-state index < -0.39 is 12.0 Å². The Balaban J connectivity index is 1.32. The fourth-order valence-electron chi connectivity index (χ4n) is 4.65.